The molecule has 0 spiro atoms. The van der Waals surface area contributed by atoms with Crippen molar-refractivity contribution in [3.63, 3.8) is 0 Å². The van der Waals surface area contributed by atoms with Crippen LogP contribution >= 0.6 is 0 Å². The minimum Gasteiger partial charge on any atom is -0.444 e. The van der Waals surface area contributed by atoms with E-state index in [0.717, 1.165) is 48.6 Å². The molecule has 0 bridgehead atoms. The first-order valence-electron chi connectivity index (χ1n) is 14.7. The van der Waals surface area contributed by atoms with Crippen molar-refractivity contribution in [1.82, 2.24) is 15.2 Å². The van der Waals surface area contributed by atoms with Crippen molar-refractivity contribution in [2.75, 3.05) is 18.4 Å². The van der Waals surface area contributed by atoms with Crippen molar-refractivity contribution in [2.45, 2.75) is 70.4 Å². The lowest BCUT2D eigenvalue weighted by atomic mass is 9.81. The van der Waals surface area contributed by atoms with Crippen LogP contribution in [0.5, 0.6) is 0 Å². The molecule has 3 amide bonds. The summed E-state index contributed by atoms with van der Waals surface area (Å²) in [6.07, 6.45) is 5.28. The van der Waals surface area contributed by atoms with E-state index in [1.165, 1.54) is 0 Å². The standard InChI is InChI=1S/C33H40N4O4/c1-33(2,3)41-32(40)35-21-22-11-13-24(14-12-22)31(39)37-19-17-27(23-8-5-4-6-9-23)29(37)30(38)36-26-15-16-28-25(20-26)10-7-18-34-28/h4-10,15-16,18,20,22,24,27,29H,11-14,17,19,21H2,1-3H3,(H,35,40)(H,36,38)/t22?,24?,27-,29-/m0/s1. The number of benzene rings is 2. The fraction of sp³-hybridized carbons (Fsp3) is 0.455. The Labute approximate surface area is 241 Å². The van der Waals surface area contributed by atoms with Gasteiger partial charge in [0.2, 0.25) is 11.8 Å². The number of pyridine rings is 1. The third-order valence-electron chi connectivity index (χ3n) is 8.18. The van der Waals surface area contributed by atoms with Crippen LogP contribution in [0.3, 0.4) is 0 Å². The van der Waals surface area contributed by atoms with E-state index in [0.29, 0.717) is 24.7 Å². The molecule has 0 radical (unpaired) electrons. The Balaban J connectivity index is 1.26. The first kappa shape index (κ1) is 28.6. The maximum absolute atomic E-state index is 13.9. The summed E-state index contributed by atoms with van der Waals surface area (Å²) < 4.78 is 5.35. The number of aromatic nitrogens is 1. The van der Waals surface area contributed by atoms with Crippen molar-refractivity contribution >= 4 is 34.5 Å². The molecule has 1 saturated heterocycles. The lowest BCUT2D eigenvalue weighted by molar-refractivity contribution is -0.141. The molecule has 2 atom stereocenters. The van der Waals surface area contributed by atoms with Crippen LogP contribution in [0.4, 0.5) is 10.5 Å². The van der Waals surface area contributed by atoms with E-state index in [4.69, 9.17) is 4.74 Å². The third-order valence-corrected chi connectivity index (χ3v) is 8.18. The summed E-state index contributed by atoms with van der Waals surface area (Å²) in [4.78, 5) is 46.0. The molecule has 41 heavy (non-hydrogen) atoms. The summed E-state index contributed by atoms with van der Waals surface area (Å²) in [5, 5.41) is 6.92. The number of nitrogens with one attached hydrogen (secondary N) is 2. The highest BCUT2D eigenvalue weighted by Gasteiger charge is 2.44. The first-order valence-corrected chi connectivity index (χ1v) is 14.7. The number of rotatable bonds is 6. The number of ether oxygens (including phenoxy) is 1. The molecule has 1 aliphatic carbocycles. The number of nitrogens with zero attached hydrogens (tertiary/aromatic N) is 2. The van der Waals surface area contributed by atoms with E-state index >= 15 is 0 Å². The summed E-state index contributed by atoms with van der Waals surface area (Å²) in [6, 6.07) is 19.0. The summed E-state index contributed by atoms with van der Waals surface area (Å²) in [6.45, 7) is 6.63. The smallest absolute Gasteiger partial charge is 0.407 e. The monoisotopic (exact) mass is 556 g/mol. The Bertz CT molecular complexity index is 1380. The van der Waals surface area contributed by atoms with Crippen LogP contribution in [0.15, 0.2) is 66.9 Å². The molecule has 1 aromatic heterocycles. The van der Waals surface area contributed by atoms with Gasteiger partial charge in [0, 0.05) is 42.2 Å². The van der Waals surface area contributed by atoms with E-state index in [9.17, 15) is 14.4 Å². The molecule has 2 aromatic carbocycles. The number of fused-ring (bicyclic) bond motifs is 1. The molecular formula is C33H40N4O4. The zero-order valence-corrected chi connectivity index (χ0v) is 24.1. The topological polar surface area (TPSA) is 101 Å². The van der Waals surface area contributed by atoms with Crippen LogP contribution in [0.2, 0.25) is 0 Å². The Morgan fingerprint density at radius 3 is 2.44 bits per heavy atom. The number of likely N-dealkylation sites (tertiary alicyclic amines) is 1. The van der Waals surface area contributed by atoms with Gasteiger partial charge < -0.3 is 20.3 Å². The summed E-state index contributed by atoms with van der Waals surface area (Å²) >= 11 is 0. The van der Waals surface area contributed by atoms with Crippen LogP contribution in [0.25, 0.3) is 10.9 Å². The molecule has 1 aliphatic heterocycles. The van der Waals surface area contributed by atoms with Gasteiger partial charge in [0.05, 0.1) is 5.52 Å². The van der Waals surface area contributed by atoms with E-state index in [1.54, 1.807) is 6.20 Å². The summed E-state index contributed by atoms with van der Waals surface area (Å²) in [7, 11) is 0. The number of carbonyl (C=O) groups is 3. The van der Waals surface area contributed by atoms with Gasteiger partial charge in [-0.2, -0.15) is 0 Å². The van der Waals surface area contributed by atoms with Crippen LogP contribution < -0.4 is 10.6 Å². The molecule has 8 nitrogen and oxygen atoms in total. The van der Waals surface area contributed by atoms with Gasteiger partial charge in [-0.05, 0) is 88.6 Å². The van der Waals surface area contributed by atoms with Crippen molar-refractivity contribution < 1.29 is 19.1 Å². The minimum absolute atomic E-state index is 0.0600. The highest BCUT2D eigenvalue weighted by molar-refractivity contribution is 6.00. The SMILES string of the molecule is CC(C)(C)OC(=O)NCC1CCC(C(=O)N2CC[C@@H](c3ccccc3)[C@H]2C(=O)Nc2ccc3ncccc3c2)CC1. The van der Waals surface area contributed by atoms with Gasteiger partial charge >= 0.3 is 6.09 Å². The van der Waals surface area contributed by atoms with Gasteiger partial charge in [-0.15, -0.1) is 0 Å². The number of hydrogen-bond acceptors (Lipinski definition) is 5. The largest absolute Gasteiger partial charge is 0.444 e. The molecule has 216 valence electrons. The molecule has 2 aliphatic rings. The van der Waals surface area contributed by atoms with E-state index in [-0.39, 0.29) is 23.7 Å². The zero-order valence-electron chi connectivity index (χ0n) is 24.1. The second-order valence-electron chi connectivity index (χ2n) is 12.3. The molecule has 5 rings (SSSR count). The van der Waals surface area contributed by atoms with Crippen LogP contribution in [-0.4, -0.2) is 52.5 Å². The number of amides is 3. The first-order chi connectivity index (χ1) is 19.7. The van der Waals surface area contributed by atoms with Crippen molar-refractivity contribution in [3.05, 3.63) is 72.4 Å². The number of anilines is 1. The Kier molecular flexibility index (Phi) is 8.57. The molecule has 2 heterocycles. The predicted molar refractivity (Wildman–Crippen MR) is 159 cm³/mol. The van der Waals surface area contributed by atoms with Gasteiger partial charge in [-0.3, -0.25) is 14.6 Å². The number of alkyl carbamates (subject to hydrolysis) is 1. The average Bonchev–Trinajstić information content (AvgIpc) is 3.41. The summed E-state index contributed by atoms with van der Waals surface area (Å²) in [5.74, 6) is 0.0118. The third kappa shape index (κ3) is 7.04. The zero-order chi connectivity index (χ0) is 29.0. The molecule has 2 N–H and O–H groups in total. The highest BCUT2D eigenvalue weighted by Crippen LogP contribution is 2.38. The van der Waals surface area contributed by atoms with Gasteiger partial charge in [0.15, 0.2) is 0 Å². The normalized spacial score (nSPS) is 22.8. The molecule has 1 saturated carbocycles. The van der Waals surface area contributed by atoms with Gasteiger partial charge in [0.1, 0.15) is 11.6 Å². The minimum atomic E-state index is -0.582. The van der Waals surface area contributed by atoms with Crippen LogP contribution in [0, 0.1) is 11.8 Å². The Morgan fingerprint density at radius 1 is 0.951 bits per heavy atom. The fourth-order valence-corrected chi connectivity index (χ4v) is 6.17. The van der Waals surface area contributed by atoms with Crippen molar-refractivity contribution in [1.29, 1.82) is 0 Å². The summed E-state index contributed by atoms with van der Waals surface area (Å²) in [5.41, 5.74) is 2.10. The fourth-order valence-electron chi connectivity index (χ4n) is 6.17. The predicted octanol–water partition coefficient (Wildman–Crippen LogP) is 5.89. The van der Waals surface area contributed by atoms with Crippen LogP contribution in [-0.2, 0) is 14.3 Å². The quantitative estimate of drug-likeness (QED) is 0.394. The maximum Gasteiger partial charge on any atom is 0.407 e. The molecular weight excluding hydrogens is 516 g/mol. The number of hydrogen-bond donors (Lipinski definition) is 2. The van der Waals surface area contributed by atoms with Gasteiger partial charge in [0.25, 0.3) is 0 Å². The average molecular weight is 557 g/mol. The highest BCUT2D eigenvalue weighted by atomic mass is 16.6. The maximum atomic E-state index is 13.9. The number of carbonyl (C=O) groups excluding carboxylic acids is 3. The second kappa shape index (κ2) is 12.3. The van der Waals surface area contributed by atoms with Gasteiger partial charge in [-0.1, -0.05) is 36.4 Å². The van der Waals surface area contributed by atoms with Crippen LogP contribution in [0.1, 0.15) is 64.4 Å². The van der Waals surface area contributed by atoms with Gasteiger partial charge in [-0.25, -0.2) is 4.79 Å². The van der Waals surface area contributed by atoms with E-state index in [1.807, 2.05) is 86.3 Å². The van der Waals surface area contributed by atoms with Crippen molar-refractivity contribution in [2.24, 2.45) is 11.8 Å². The lowest BCUT2D eigenvalue weighted by Gasteiger charge is -2.34. The van der Waals surface area contributed by atoms with E-state index < -0.39 is 17.7 Å². The van der Waals surface area contributed by atoms with E-state index in [2.05, 4.69) is 15.6 Å². The van der Waals surface area contributed by atoms with Crippen molar-refractivity contribution in [3.8, 4) is 0 Å². The molecule has 8 heteroatoms. The molecule has 0 unspecified atom stereocenters. The molecule has 3 aromatic rings. The molecule has 2 fully saturated rings. The Hall–Kier alpha value is -3.94. The lowest BCUT2D eigenvalue weighted by Crippen LogP contribution is -2.48. The second-order valence-corrected chi connectivity index (χ2v) is 12.3. The Morgan fingerprint density at radius 2 is 1.71 bits per heavy atom.